The topological polar surface area (TPSA) is 68.5 Å². The second-order valence-corrected chi connectivity index (χ2v) is 9.09. The van der Waals surface area contributed by atoms with Gasteiger partial charge in [0.25, 0.3) is 11.9 Å². The van der Waals surface area contributed by atoms with E-state index in [-0.39, 0.29) is 24.4 Å². The minimum atomic E-state index is -0.336. The summed E-state index contributed by atoms with van der Waals surface area (Å²) in [6, 6.07) is 11.2. The Kier molecular flexibility index (Phi) is 6.18. The van der Waals surface area contributed by atoms with E-state index in [1.54, 1.807) is 22.7 Å². The third-order valence-corrected chi connectivity index (χ3v) is 6.07. The highest BCUT2D eigenvalue weighted by atomic mass is 35.5. The first-order valence-electron chi connectivity index (χ1n) is 9.64. The summed E-state index contributed by atoms with van der Waals surface area (Å²) in [6.45, 7) is 6.03. The van der Waals surface area contributed by atoms with E-state index in [1.165, 1.54) is 11.3 Å². The molecule has 2 aromatic heterocycles. The van der Waals surface area contributed by atoms with Crippen molar-refractivity contribution in [1.82, 2.24) is 14.6 Å². The van der Waals surface area contributed by atoms with Crippen molar-refractivity contribution < 1.29 is 9.53 Å². The van der Waals surface area contributed by atoms with Crippen molar-refractivity contribution in [3.8, 4) is 17.0 Å². The fourth-order valence-corrected chi connectivity index (χ4v) is 4.37. The molecule has 0 aliphatic heterocycles. The number of carbonyl (C=O) groups excluding carboxylic acids is 1. The van der Waals surface area contributed by atoms with Crippen LogP contribution in [0.3, 0.4) is 0 Å². The molecule has 0 saturated carbocycles. The van der Waals surface area contributed by atoms with Gasteiger partial charge in [-0.3, -0.25) is 10.1 Å². The van der Waals surface area contributed by atoms with Gasteiger partial charge in [-0.05, 0) is 48.2 Å². The first-order chi connectivity index (χ1) is 14.8. The zero-order chi connectivity index (χ0) is 22.1. The molecular formula is C22H20Cl2N4O2S. The van der Waals surface area contributed by atoms with E-state index in [1.807, 2.05) is 30.5 Å². The lowest BCUT2D eigenvalue weighted by molar-refractivity contribution is -0.118. The highest BCUT2D eigenvalue weighted by molar-refractivity contribution is 7.15. The third kappa shape index (κ3) is 4.69. The standard InChI is InChI=1S/C22H20Cl2N4O2S/c1-12(2)15-6-4-13(3)8-19(15)30-10-20(29)25-21-26-22-28(27-21)18(11-31-22)16-9-14(23)5-7-17(16)24/h4-9,11-12H,10H2,1-3H3,(H,25,27,29). The van der Waals surface area contributed by atoms with Crippen LogP contribution in [0.1, 0.15) is 30.9 Å². The van der Waals surface area contributed by atoms with Crippen molar-refractivity contribution in [3.05, 3.63) is 63.0 Å². The van der Waals surface area contributed by atoms with Gasteiger partial charge in [0.15, 0.2) is 6.61 Å². The van der Waals surface area contributed by atoms with Crippen LogP contribution in [-0.2, 0) is 4.79 Å². The molecule has 31 heavy (non-hydrogen) atoms. The Morgan fingerprint density at radius 1 is 1.23 bits per heavy atom. The molecule has 4 rings (SSSR count). The highest BCUT2D eigenvalue weighted by Gasteiger charge is 2.16. The van der Waals surface area contributed by atoms with Gasteiger partial charge >= 0.3 is 0 Å². The average molecular weight is 475 g/mol. The molecule has 0 saturated heterocycles. The Hall–Kier alpha value is -2.61. The van der Waals surface area contributed by atoms with Crippen LogP contribution < -0.4 is 10.1 Å². The van der Waals surface area contributed by atoms with Crippen molar-refractivity contribution in [1.29, 1.82) is 0 Å². The number of benzene rings is 2. The molecule has 0 spiro atoms. The lowest BCUT2D eigenvalue weighted by atomic mass is 10.0. The molecule has 9 heteroatoms. The van der Waals surface area contributed by atoms with Gasteiger partial charge in [-0.2, -0.15) is 4.98 Å². The summed E-state index contributed by atoms with van der Waals surface area (Å²) in [5.74, 6) is 0.865. The molecular weight excluding hydrogens is 455 g/mol. The molecule has 0 aliphatic carbocycles. The predicted molar refractivity (Wildman–Crippen MR) is 126 cm³/mol. The van der Waals surface area contributed by atoms with Crippen molar-refractivity contribution >= 4 is 51.4 Å². The van der Waals surface area contributed by atoms with Crippen molar-refractivity contribution in [3.63, 3.8) is 0 Å². The monoisotopic (exact) mass is 474 g/mol. The van der Waals surface area contributed by atoms with Crippen LogP contribution in [0.25, 0.3) is 16.2 Å². The Bertz CT molecular complexity index is 1270. The molecule has 1 N–H and O–H groups in total. The minimum Gasteiger partial charge on any atom is -0.483 e. The Morgan fingerprint density at radius 3 is 2.81 bits per heavy atom. The normalized spacial score (nSPS) is 11.3. The number of aryl methyl sites for hydroxylation is 1. The number of nitrogens with zero attached hydrogens (tertiary/aromatic N) is 3. The molecule has 1 amide bonds. The first kappa shape index (κ1) is 21.6. The number of thiazole rings is 1. The van der Waals surface area contributed by atoms with Crippen LogP contribution in [0, 0.1) is 6.92 Å². The zero-order valence-corrected chi connectivity index (χ0v) is 19.5. The predicted octanol–water partition coefficient (Wildman–Crippen LogP) is 6.21. The van der Waals surface area contributed by atoms with Crippen molar-refractivity contribution in [2.45, 2.75) is 26.7 Å². The number of hydrogen-bond acceptors (Lipinski definition) is 5. The molecule has 0 aliphatic rings. The summed E-state index contributed by atoms with van der Waals surface area (Å²) in [4.78, 5) is 17.4. The van der Waals surface area contributed by atoms with Gasteiger partial charge in [0, 0.05) is 16.0 Å². The van der Waals surface area contributed by atoms with Gasteiger partial charge in [0.2, 0.25) is 4.96 Å². The number of hydrogen-bond donors (Lipinski definition) is 1. The summed E-state index contributed by atoms with van der Waals surface area (Å²) >= 11 is 13.8. The van der Waals surface area contributed by atoms with Gasteiger partial charge in [-0.25, -0.2) is 4.52 Å². The van der Waals surface area contributed by atoms with Gasteiger partial charge in [0.1, 0.15) is 5.75 Å². The number of nitrogens with one attached hydrogen (secondary N) is 1. The van der Waals surface area contributed by atoms with Gasteiger partial charge in [-0.15, -0.1) is 16.4 Å². The fourth-order valence-electron chi connectivity index (χ4n) is 3.16. The second-order valence-electron chi connectivity index (χ2n) is 7.41. The first-order valence-corrected chi connectivity index (χ1v) is 11.3. The van der Waals surface area contributed by atoms with E-state index in [0.29, 0.717) is 20.8 Å². The number of halogens is 2. The largest absolute Gasteiger partial charge is 0.483 e. The molecule has 0 atom stereocenters. The molecule has 0 fully saturated rings. The van der Waals surface area contributed by atoms with E-state index in [9.17, 15) is 4.79 Å². The quantitative estimate of drug-likeness (QED) is 0.360. The van der Waals surface area contributed by atoms with Gasteiger partial charge in [0.05, 0.1) is 10.7 Å². The molecule has 160 valence electrons. The number of rotatable bonds is 6. The second kappa shape index (κ2) is 8.86. The third-order valence-electron chi connectivity index (χ3n) is 4.69. The SMILES string of the molecule is Cc1ccc(C(C)C)c(OCC(=O)Nc2nc3scc(-c4cc(Cl)ccc4Cl)n3n2)c1. The number of aromatic nitrogens is 3. The minimum absolute atomic E-state index is 0.136. The van der Waals surface area contributed by atoms with Gasteiger partial charge in [-0.1, -0.05) is 49.2 Å². The molecule has 0 radical (unpaired) electrons. The molecule has 0 unspecified atom stereocenters. The molecule has 4 aromatic rings. The maximum absolute atomic E-state index is 12.4. The summed E-state index contributed by atoms with van der Waals surface area (Å²) in [6.07, 6.45) is 0. The Labute approximate surface area is 193 Å². The Balaban J connectivity index is 1.50. The number of amides is 1. The van der Waals surface area contributed by atoms with E-state index < -0.39 is 0 Å². The summed E-state index contributed by atoms with van der Waals surface area (Å²) in [7, 11) is 0. The van der Waals surface area contributed by atoms with Crippen LogP contribution in [0.5, 0.6) is 5.75 Å². The van der Waals surface area contributed by atoms with Crippen LogP contribution in [0.15, 0.2) is 41.8 Å². The fraction of sp³-hybridized carbons (Fsp3) is 0.227. The van der Waals surface area contributed by atoms with E-state index in [2.05, 4.69) is 29.2 Å². The van der Waals surface area contributed by atoms with Gasteiger partial charge < -0.3 is 4.74 Å². The van der Waals surface area contributed by atoms with Crippen molar-refractivity contribution in [2.75, 3.05) is 11.9 Å². The maximum atomic E-state index is 12.4. The lowest BCUT2D eigenvalue weighted by Crippen LogP contribution is -2.21. The van der Waals surface area contributed by atoms with Crippen LogP contribution in [0.4, 0.5) is 5.95 Å². The molecule has 0 bridgehead atoms. The van der Waals surface area contributed by atoms with E-state index in [4.69, 9.17) is 27.9 Å². The Morgan fingerprint density at radius 2 is 2.03 bits per heavy atom. The van der Waals surface area contributed by atoms with Crippen LogP contribution in [0.2, 0.25) is 10.0 Å². The molecule has 6 nitrogen and oxygen atoms in total. The lowest BCUT2D eigenvalue weighted by Gasteiger charge is -2.14. The highest BCUT2D eigenvalue weighted by Crippen LogP contribution is 2.33. The smallest absolute Gasteiger partial charge is 0.264 e. The maximum Gasteiger partial charge on any atom is 0.264 e. The number of carbonyl (C=O) groups is 1. The number of ether oxygens (including phenoxy) is 1. The van der Waals surface area contributed by atoms with Crippen LogP contribution >= 0.6 is 34.5 Å². The van der Waals surface area contributed by atoms with E-state index in [0.717, 1.165) is 22.4 Å². The summed E-state index contributed by atoms with van der Waals surface area (Å²) in [5.41, 5.74) is 3.62. The van der Waals surface area contributed by atoms with E-state index >= 15 is 0 Å². The number of anilines is 1. The zero-order valence-electron chi connectivity index (χ0n) is 17.1. The summed E-state index contributed by atoms with van der Waals surface area (Å²) < 4.78 is 7.42. The molecule has 2 heterocycles. The number of fused-ring (bicyclic) bond motifs is 1. The van der Waals surface area contributed by atoms with Crippen LogP contribution in [-0.4, -0.2) is 27.1 Å². The molecule has 2 aromatic carbocycles. The average Bonchev–Trinajstić information content (AvgIpc) is 3.28. The van der Waals surface area contributed by atoms with Crippen molar-refractivity contribution in [2.24, 2.45) is 0 Å². The summed E-state index contributed by atoms with van der Waals surface area (Å²) in [5, 5.41) is 10.1.